The van der Waals surface area contributed by atoms with Crippen molar-refractivity contribution in [2.75, 3.05) is 45.7 Å². The van der Waals surface area contributed by atoms with Gasteiger partial charge in [0.25, 0.3) is 11.6 Å². The Hall–Kier alpha value is -4.56. The fourth-order valence-electron chi connectivity index (χ4n) is 8.42. The summed E-state index contributed by atoms with van der Waals surface area (Å²) in [7, 11) is 7.43. The first kappa shape index (κ1) is 33.0. The first-order valence-electron chi connectivity index (χ1n) is 17.2. The van der Waals surface area contributed by atoms with Gasteiger partial charge in [-0.25, -0.2) is 4.79 Å². The Bertz CT molecular complexity index is 1900. The van der Waals surface area contributed by atoms with Crippen molar-refractivity contribution < 1.29 is 19.3 Å². The van der Waals surface area contributed by atoms with E-state index < -0.39 is 11.9 Å². The highest BCUT2D eigenvalue weighted by atomic mass is 16.6. The number of piperidine rings is 1. The summed E-state index contributed by atoms with van der Waals surface area (Å²) in [4.78, 5) is 70.7. The van der Waals surface area contributed by atoms with Crippen LogP contribution in [0.15, 0.2) is 35.1 Å². The Kier molecular flexibility index (Phi) is 8.55. The van der Waals surface area contributed by atoms with Crippen LogP contribution in [0.25, 0.3) is 11.0 Å². The van der Waals surface area contributed by atoms with Crippen molar-refractivity contribution in [3.8, 4) is 0 Å². The Labute approximate surface area is 284 Å². The maximum atomic E-state index is 13.4. The summed E-state index contributed by atoms with van der Waals surface area (Å²) in [5.74, 6) is -0.209. The summed E-state index contributed by atoms with van der Waals surface area (Å²) in [5.41, 5.74) is 4.12. The molecule has 7 rings (SSSR count). The summed E-state index contributed by atoms with van der Waals surface area (Å²) in [6, 6.07) is 8.97. The summed E-state index contributed by atoms with van der Waals surface area (Å²) in [5, 5.41) is 14.0. The van der Waals surface area contributed by atoms with Gasteiger partial charge in [0.2, 0.25) is 11.8 Å². The number of nitro groups is 1. The largest absolute Gasteiger partial charge is 0.372 e. The molecule has 3 amide bonds. The molecule has 1 atom stereocenters. The molecule has 3 aromatic rings. The summed E-state index contributed by atoms with van der Waals surface area (Å²) >= 11 is 0. The summed E-state index contributed by atoms with van der Waals surface area (Å²) in [6.07, 6.45) is 4.45. The fourth-order valence-corrected chi connectivity index (χ4v) is 8.42. The van der Waals surface area contributed by atoms with Gasteiger partial charge < -0.3 is 14.7 Å². The van der Waals surface area contributed by atoms with Crippen molar-refractivity contribution in [3.05, 3.63) is 67.6 Å². The minimum absolute atomic E-state index is 0.0218. The molecule has 0 spiro atoms. The fraction of sp³-hybridized carbons (Fsp3) is 0.543. The zero-order valence-electron chi connectivity index (χ0n) is 28.6. The molecule has 2 saturated heterocycles. The number of carbonyl (C=O) groups excluding carboxylic acids is 3. The second kappa shape index (κ2) is 12.7. The van der Waals surface area contributed by atoms with Crippen molar-refractivity contribution in [1.29, 1.82) is 0 Å². The van der Waals surface area contributed by atoms with Crippen molar-refractivity contribution >= 4 is 40.1 Å². The van der Waals surface area contributed by atoms with Gasteiger partial charge in [0, 0.05) is 84.0 Å². The van der Waals surface area contributed by atoms with Gasteiger partial charge in [0.1, 0.15) is 11.7 Å². The molecular formula is C35H44N8O6. The number of nitrogens with zero attached hydrogens (tertiary/aromatic N) is 7. The highest BCUT2D eigenvalue weighted by molar-refractivity contribution is 6.01. The van der Waals surface area contributed by atoms with Gasteiger partial charge in [-0.15, -0.1) is 0 Å². The van der Waals surface area contributed by atoms with E-state index in [2.05, 4.69) is 22.2 Å². The number of likely N-dealkylation sites (tertiary alicyclic amines) is 1. The van der Waals surface area contributed by atoms with Crippen LogP contribution in [0.5, 0.6) is 0 Å². The van der Waals surface area contributed by atoms with Crippen LogP contribution in [-0.2, 0) is 29.7 Å². The number of imidazole rings is 1. The predicted octanol–water partition coefficient (Wildman–Crippen LogP) is 2.62. The van der Waals surface area contributed by atoms with E-state index in [0.717, 1.165) is 62.0 Å². The number of rotatable bonds is 9. The molecule has 14 heteroatoms. The van der Waals surface area contributed by atoms with Crippen molar-refractivity contribution in [3.63, 3.8) is 0 Å². The number of benzene rings is 2. The molecule has 1 N–H and O–H groups in total. The third-order valence-electron chi connectivity index (χ3n) is 11.2. The SMILES string of the molecule is CN(C)c1cc2c(cc1[N+](=O)[O-])CN([C@H]1CC[C@H](CN(C)C3CN(Cc4cccc5c4n(C)c(=O)n5C4CCC(=O)NC4=O)C3)CC1)C2=O. The number of anilines is 1. The van der Waals surface area contributed by atoms with Crippen LogP contribution in [0.4, 0.5) is 11.4 Å². The standard InChI is InChI=1S/C35H44N8O6/c1-37(2)29-15-26-23(14-30(29)43(48)49)18-41(34(26)46)24-10-8-21(9-11-24)16-38(3)25-19-40(20-25)17-22-6-5-7-27-32(22)39(4)35(47)42(27)28-12-13-31(44)36-33(28)45/h5-7,14-15,21,24-25,28H,8-13,16-20H2,1-4H3,(H,36,44,45)/t21-,24-,28?. The molecule has 49 heavy (non-hydrogen) atoms. The number of imide groups is 1. The molecule has 3 fully saturated rings. The van der Waals surface area contributed by atoms with Crippen LogP contribution in [0.2, 0.25) is 0 Å². The maximum absolute atomic E-state index is 13.4. The second-order valence-electron chi connectivity index (χ2n) is 14.5. The van der Waals surface area contributed by atoms with Gasteiger partial charge in [0.05, 0.1) is 16.0 Å². The van der Waals surface area contributed by atoms with Gasteiger partial charge in [-0.3, -0.25) is 43.8 Å². The molecule has 3 aliphatic heterocycles. The van der Waals surface area contributed by atoms with E-state index in [-0.39, 0.29) is 40.6 Å². The molecule has 14 nitrogen and oxygen atoms in total. The highest BCUT2D eigenvalue weighted by Crippen LogP contribution is 2.38. The van der Waals surface area contributed by atoms with Crippen LogP contribution in [0.1, 0.15) is 66.1 Å². The zero-order valence-corrected chi connectivity index (χ0v) is 28.6. The Morgan fingerprint density at radius 3 is 2.41 bits per heavy atom. The molecule has 2 aromatic carbocycles. The molecule has 260 valence electrons. The number of nitrogens with one attached hydrogen (secondary N) is 1. The third-order valence-corrected chi connectivity index (χ3v) is 11.2. The number of aromatic nitrogens is 2. The molecule has 4 heterocycles. The third kappa shape index (κ3) is 5.90. The van der Waals surface area contributed by atoms with Gasteiger partial charge in [-0.2, -0.15) is 0 Å². The molecule has 1 aromatic heterocycles. The van der Waals surface area contributed by atoms with Crippen LogP contribution in [-0.4, -0.2) is 99.3 Å². The first-order valence-corrected chi connectivity index (χ1v) is 17.2. The quantitative estimate of drug-likeness (QED) is 0.206. The minimum Gasteiger partial charge on any atom is -0.372 e. The molecule has 4 aliphatic rings. The van der Waals surface area contributed by atoms with E-state index in [0.29, 0.717) is 48.2 Å². The Balaban J connectivity index is 0.925. The van der Waals surface area contributed by atoms with Crippen LogP contribution < -0.4 is 15.9 Å². The van der Waals surface area contributed by atoms with E-state index in [4.69, 9.17) is 0 Å². The normalized spacial score (nSPS) is 23.2. The van der Waals surface area contributed by atoms with Crippen LogP contribution in [0, 0.1) is 16.0 Å². The number of nitro benzene ring substituents is 1. The maximum Gasteiger partial charge on any atom is 0.329 e. The van der Waals surface area contributed by atoms with Crippen LogP contribution >= 0.6 is 0 Å². The van der Waals surface area contributed by atoms with Gasteiger partial charge in [-0.1, -0.05) is 12.1 Å². The first-order chi connectivity index (χ1) is 23.4. The van der Waals surface area contributed by atoms with E-state index in [1.807, 2.05) is 23.1 Å². The molecular weight excluding hydrogens is 628 g/mol. The summed E-state index contributed by atoms with van der Waals surface area (Å²) < 4.78 is 3.15. The number of likely N-dealkylation sites (N-methyl/N-ethyl adjacent to an activating group) is 1. The van der Waals surface area contributed by atoms with Crippen molar-refractivity contribution in [1.82, 2.24) is 29.2 Å². The van der Waals surface area contributed by atoms with Gasteiger partial charge in [-0.05, 0) is 68.3 Å². The molecule has 1 aliphatic carbocycles. The topological polar surface area (TPSA) is 146 Å². The second-order valence-corrected chi connectivity index (χ2v) is 14.5. The van der Waals surface area contributed by atoms with Gasteiger partial charge in [0.15, 0.2) is 0 Å². The highest BCUT2D eigenvalue weighted by Gasteiger charge is 2.38. The molecule has 1 unspecified atom stereocenters. The number of amides is 3. The average Bonchev–Trinajstić information content (AvgIpc) is 3.50. The van der Waals surface area contributed by atoms with E-state index in [1.165, 1.54) is 4.57 Å². The number of hydrogen-bond donors (Lipinski definition) is 1. The summed E-state index contributed by atoms with van der Waals surface area (Å²) in [6.45, 7) is 3.97. The van der Waals surface area contributed by atoms with E-state index in [9.17, 15) is 29.3 Å². The monoisotopic (exact) mass is 672 g/mol. The number of hydrogen-bond acceptors (Lipinski definition) is 9. The van der Waals surface area contributed by atoms with Crippen LogP contribution in [0.3, 0.4) is 0 Å². The lowest BCUT2D eigenvalue weighted by atomic mass is 9.84. The minimum atomic E-state index is -0.700. The van der Waals surface area contributed by atoms with E-state index in [1.54, 1.807) is 42.7 Å². The smallest absolute Gasteiger partial charge is 0.329 e. The van der Waals surface area contributed by atoms with Crippen molar-refractivity contribution in [2.24, 2.45) is 13.0 Å². The molecule has 0 radical (unpaired) electrons. The lowest BCUT2D eigenvalue weighted by Crippen LogP contribution is -2.58. The van der Waals surface area contributed by atoms with Gasteiger partial charge >= 0.3 is 5.69 Å². The molecule has 0 bridgehead atoms. The van der Waals surface area contributed by atoms with Crippen molar-refractivity contribution in [2.45, 2.75) is 69.7 Å². The number of fused-ring (bicyclic) bond motifs is 2. The zero-order chi connectivity index (χ0) is 34.7. The lowest BCUT2D eigenvalue weighted by molar-refractivity contribution is -0.384. The number of aryl methyl sites for hydroxylation is 1. The average molecular weight is 673 g/mol. The number of carbonyl (C=O) groups is 3. The Morgan fingerprint density at radius 2 is 1.73 bits per heavy atom. The number of para-hydroxylation sites is 1. The predicted molar refractivity (Wildman–Crippen MR) is 183 cm³/mol. The molecule has 1 saturated carbocycles. The lowest BCUT2D eigenvalue weighted by Gasteiger charge is -2.46. The van der Waals surface area contributed by atoms with E-state index >= 15 is 0 Å². The Morgan fingerprint density at radius 1 is 1.00 bits per heavy atom.